The largest absolute Gasteiger partial charge is 0.328 e. The lowest BCUT2D eigenvalue weighted by molar-refractivity contribution is -0.120. The van der Waals surface area contributed by atoms with E-state index < -0.39 is 6.04 Å². The first-order chi connectivity index (χ1) is 8.74. The molecule has 1 aromatic carbocycles. The van der Waals surface area contributed by atoms with E-state index in [4.69, 9.17) is 5.26 Å². The minimum Gasteiger partial charge on any atom is -0.328 e. The van der Waals surface area contributed by atoms with Crippen molar-refractivity contribution in [3.05, 3.63) is 30.3 Å². The van der Waals surface area contributed by atoms with E-state index in [0.29, 0.717) is 19.4 Å². The summed E-state index contributed by atoms with van der Waals surface area (Å²) in [6, 6.07) is 10.7. The summed E-state index contributed by atoms with van der Waals surface area (Å²) in [7, 11) is 0. The first kappa shape index (κ1) is 12.1. The summed E-state index contributed by atoms with van der Waals surface area (Å²) in [6.07, 6.45) is 1.03. The molecular weight excluding hydrogens is 230 g/mol. The second kappa shape index (κ2) is 5.32. The topological polar surface area (TPSA) is 73.2 Å². The van der Waals surface area contributed by atoms with Gasteiger partial charge in [0, 0.05) is 12.2 Å². The molecule has 0 aliphatic carbocycles. The van der Waals surface area contributed by atoms with Crippen molar-refractivity contribution in [3.63, 3.8) is 0 Å². The number of benzene rings is 1. The van der Waals surface area contributed by atoms with Gasteiger partial charge in [-0.25, -0.2) is 0 Å². The number of amides is 2. The Morgan fingerprint density at radius 2 is 2.17 bits per heavy atom. The Balaban J connectivity index is 1.99. The Morgan fingerprint density at radius 3 is 2.72 bits per heavy atom. The first-order valence-corrected chi connectivity index (χ1v) is 5.71. The lowest BCUT2D eigenvalue weighted by Crippen LogP contribution is -2.28. The van der Waals surface area contributed by atoms with E-state index in [-0.39, 0.29) is 11.8 Å². The normalized spacial score (nSPS) is 22.3. The van der Waals surface area contributed by atoms with Gasteiger partial charge in [0.25, 0.3) is 0 Å². The number of likely N-dealkylation sites (tertiary alicyclic amines) is 1. The fourth-order valence-corrected chi connectivity index (χ4v) is 2.06. The van der Waals surface area contributed by atoms with Crippen LogP contribution in [-0.4, -0.2) is 29.8 Å². The third-order valence-corrected chi connectivity index (χ3v) is 3.04. The Hall–Kier alpha value is -2.35. The van der Waals surface area contributed by atoms with Crippen molar-refractivity contribution in [2.45, 2.75) is 12.5 Å². The molecule has 0 saturated carbocycles. The van der Waals surface area contributed by atoms with E-state index in [1.54, 1.807) is 12.1 Å². The van der Waals surface area contributed by atoms with Gasteiger partial charge in [0.1, 0.15) is 6.04 Å². The molecule has 5 nitrogen and oxygen atoms in total. The van der Waals surface area contributed by atoms with Crippen molar-refractivity contribution in [1.29, 1.82) is 5.26 Å². The summed E-state index contributed by atoms with van der Waals surface area (Å²) in [5, 5.41) is 11.7. The van der Waals surface area contributed by atoms with Gasteiger partial charge in [0.05, 0.1) is 12.0 Å². The molecule has 0 radical (unpaired) electrons. The molecule has 1 N–H and O–H groups in total. The summed E-state index contributed by atoms with van der Waals surface area (Å²) in [5.74, 6) is -0.467. The monoisotopic (exact) mass is 243 g/mol. The first-order valence-electron chi connectivity index (χ1n) is 5.71. The van der Waals surface area contributed by atoms with E-state index >= 15 is 0 Å². The lowest BCUT2D eigenvalue weighted by atomic mass is 10.1. The zero-order valence-corrected chi connectivity index (χ0v) is 9.74. The van der Waals surface area contributed by atoms with E-state index in [2.05, 4.69) is 5.32 Å². The van der Waals surface area contributed by atoms with Gasteiger partial charge in [-0.1, -0.05) is 18.2 Å². The standard InChI is InChI=1S/C13H13N3O2/c14-7-12-6-10(8-16(12)9-17)13(18)15-11-4-2-1-3-5-11/h1-5,9-10,12H,6,8H2,(H,15,18). The van der Waals surface area contributed by atoms with Crippen molar-refractivity contribution >= 4 is 18.0 Å². The minimum atomic E-state index is -0.492. The number of nitriles is 1. The molecule has 1 saturated heterocycles. The van der Waals surface area contributed by atoms with Crippen molar-refractivity contribution in [3.8, 4) is 6.07 Å². The Labute approximate surface area is 105 Å². The lowest BCUT2D eigenvalue weighted by Gasteiger charge is -2.12. The van der Waals surface area contributed by atoms with Gasteiger partial charge >= 0.3 is 0 Å². The fourth-order valence-electron chi connectivity index (χ4n) is 2.06. The predicted molar refractivity (Wildman–Crippen MR) is 65.3 cm³/mol. The van der Waals surface area contributed by atoms with Crippen LogP contribution < -0.4 is 5.32 Å². The van der Waals surface area contributed by atoms with Gasteiger partial charge in [0.15, 0.2) is 0 Å². The Morgan fingerprint density at radius 1 is 1.44 bits per heavy atom. The van der Waals surface area contributed by atoms with Crippen LogP contribution in [0, 0.1) is 17.2 Å². The van der Waals surface area contributed by atoms with E-state index in [9.17, 15) is 9.59 Å². The van der Waals surface area contributed by atoms with Crippen LogP contribution in [0.5, 0.6) is 0 Å². The molecule has 1 fully saturated rings. The number of nitrogens with zero attached hydrogens (tertiary/aromatic N) is 2. The number of para-hydroxylation sites is 1. The van der Waals surface area contributed by atoms with Gasteiger partial charge in [0.2, 0.25) is 12.3 Å². The molecule has 2 unspecified atom stereocenters. The van der Waals surface area contributed by atoms with Crippen molar-refractivity contribution < 1.29 is 9.59 Å². The number of rotatable bonds is 3. The summed E-state index contributed by atoms with van der Waals surface area (Å²) in [4.78, 5) is 24.1. The maximum Gasteiger partial charge on any atom is 0.229 e. The van der Waals surface area contributed by atoms with Gasteiger partial charge in [-0.3, -0.25) is 9.59 Å². The maximum atomic E-state index is 12.0. The molecular formula is C13H13N3O2. The van der Waals surface area contributed by atoms with E-state index in [1.807, 2.05) is 24.3 Å². The smallest absolute Gasteiger partial charge is 0.229 e. The molecule has 0 bridgehead atoms. The average molecular weight is 243 g/mol. The van der Waals surface area contributed by atoms with Gasteiger partial charge < -0.3 is 10.2 Å². The third kappa shape index (κ3) is 2.48. The highest BCUT2D eigenvalue weighted by molar-refractivity contribution is 5.93. The van der Waals surface area contributed by atoms with Crippen LogP contribution in [0.1, 0.15) is 6.42 Å². The second-order valence-corrected chi connectivity index (χ2v) is 4.24. The number of hydrogen-bond donors (Lipinski definition) is 1. The second-order valence-electron chi connectivity index (χ2n) is 4.24. The number of carbonyl (C=O) groups excluding carboxylic acids is 2. The van der Waals surface area contributed by atoms with E-state index in [1.165, 1.54) is 4.90 Å². The van der Waals surface area contributed by atoms with Crippen molar-refractivity contribution in [2.75, 3.05) is 11.9 Å². The maximum absolute atomic E-state index is 12.0. The van der Waals surface area contributed by atoms with Crippen LogP contribution in [0.25, 0.3) is 0 Å². The number of hydrogen-bond acceptors (Lipinski definition) is 3. The van der Waals surface area contributed by atoms with Crippen LogP contribution in [-0.2, 0) is 9.59 Å². The van der Waals surface area contributed by atoms with Crippen LogP contribution in [0.15, 0.2) is 30.3 Å². The van der Waals surface area contributed by atoms with Crippen LogP contribution in [0.3, 0.4) is 0 Å². The van der Waals surface area contributed by atoms with Crippen LogP contribution in [0.2, 0.25) is 0 Å². The summed E-state index contributed by atoms with van der Waals surface area (Å²) in [5.41, 5.74) is 0.723. The number of carbonyl (C=O) groups is 2. The molecule has 2 rings (SSSR count). The predicted octanol–water partition coefficient (Wildman–Crippen LogP) is 0.996. The van der Waals surface area contributed by atoms with E-state index in [0.717, 1.165) is 5.69 Å². The molecule has 0 aromatic heterocycles. The Kier molecular flexibility index (Phi) is 3.58. The quantitative estimate of drug-likeness (QED) is 0.805. The molecule has 0 spiro atoms. The summed E-state index contributed by atoms with van der Waals surface area (Å²) >= 11 is 0. The zero-order valence-electron chi connectivity index (χ0n) is 9.74. The van der Waals surface area contributed by atoms with Crippen LogP contribution in [0.4, 0.5) is 5.69 Å². The highest BCUT2D eigenvalue weighted by atomic mass is 16.2. The molecule has 18 heavy (non-hydrogen) atoms. The van der Waals surface area contributed by atoms with Crippen molar-refractivity contribution in [1.82, 2.24) is 4.90 Å². The summed E-state index contributed by atoms with van der Waals surface area (Å²) < 4.78 is 0. The number of anilines is 1. The highest BCUT2D eigenvalue weighted by Crippen LogP contribution is 2.22. The molecule has 1 heterocycles. The Bertz CT molecular complexity index is 481. The third-order valence-electron chi connectivity index (χ3n) is 3.04. The average Bonchev–Trinajstić information content (AvgIpc) is 2.83. The molecule has 2 atom stereocenters. The molecule has 5 heteroatoms. The molecule has 1 aromatic rings. The zero-order chi connectivity index (χ0) is 13.0. The SMILES string of the molecule is N#CC1CC(C(=O)Nc2ccccc2)CN1C=O. The molecule has 2 amide bonds. The van der Waals surface area contributed by atoms with Crippen molar-refractivity contribution in [2.24, 2.45) is 5.92 Å². The summed E-state index contributed by atoms with van der Waals surface area (Å²) in [6.45, 7) is 0.306. The highest BCUT2D eigenvalue weighted by Gasteiger charge is 2.35. The van der Waals surface area contributed by atoms with Gasteiger partial charge in [-0.2, -0.15) is 5.26 Å². The minimum absolute atomic E-state index is 0.147. The molecule has 1 aliphatic rings. The van der Waals surface area contributed by atoms with Gasteiger partial charge in [-0.15, -0.1) is 0 Å². The fraction of sp³-hybridized carbons (Fsp3) is 0.308. The molecule has 1 aliphatic heterocycles. The number of nitrogens with one attached hydrogen (secondary N) is 1. The van der Waals surface area contributed by atoms with Crippen LogP contribution >= 0.6 is 0 Å². The van der Waals surface area contributed by atoms with Gasteiger partial charge in [-0.05, 0) is 18.6 Å². The molecule has 92 valence electrons.